The minimum atomic E-state index is 0.422. The van der Waals surface area contributed by atoms with Crippen LogP contribution in [0.4, 0.5) is 0 Å². The average Bonchev–Trinajstić information content (AvgIpc) is 2.32. The molecule has 1 aromatic heterocycles. The Labute approximate surface area is 107 Å². The predicted octanol–water partition coefficient (Wildman–Crippen LogP) is 4.08. The maximum atomic E-state index is 5.79. The van der Waals surface area contributed by atoms with Crippen LogP contribution in [0.1, 0.15) is 5.56 Å². The minimum absolute atomic E-state index is 0.422. The average molecular weight is 299 g/mol. The van der Waals surface area contributed by atoms with E-state index in [9.17, 15) is 0 Å². The van der Waals surface area contributed by atoms with Gasteiger partial charge >= 0.3 is 0 Å². The van der Waals surface area contributed by atoms with Crippen molar-refractivity contribution in [1.29, 1.82) is 0 Å². The van der Waals surface area contributed by atoms with E-state index < -0.39 is 0 Å². The summed E-state index contributed by atoms with van der Waals surface area (Å²) in [7, 11) is 0. The van der Waals surface area contributed by atoms with Gasteiger partial charge < -0.3 is 4.74 Å². The van der Waals surface area contributed by atoms with Crippen LogP contribution < -0.4 is 4.74 Å². The highest BCUT2D eigenvalue weighted by Gasteiger charge is 2.03. The molecule has 0 unspecified atom stereocenters. The molecule has 0 aliphatic rings. The fourth-order valence-electron chi connectivity index (χ4n) is 1.23. The molecule has 0 spiro atoms. The van der Waals surface area contributed by atoms with Crippen LogP contribution in [-0.4, -0.2) is 4.98 Å². The summed E-state index contributed by atoms with van der Waals surface area (Å²) in [6.45, 7) is 0.479. The largest absolute Gasteiger partial charge is 0.472 e. The second kappa shape index (κ2) is 5.32. The minimum Gasteiger partial charge on any atom is -0.472 e. The van der Waals surface area contributed by atoms with Crippen molar-refractivity contribution in [3.05, 3.63) is 57.7 Å². The van der Waals surface area contributed by atoms with Crippen molar-refractivity contribution >= 4 is 27.5 Å². The Morgan fingerprint density at radius 3 is 2.62 bits per heavy atom. The first-order valence-corrected chi connectivity index (χ1v) is 5.91. The van der Waals surface area contributed by atoms with Crippen LogP contribution in [0.5, 0.6) is 5.88 Å². The van der Waals surface area contributed by atoms with E-state index >= 15 is 0 Å². The molecule has 0 radical (unpaired) electrons. The zero-order chi connectivity index (χ0) is 11.4. The van der Waals surface area contributed by atoms with E-state index in [1.165, 1.54) is 0 Å². The van der Waals surface area contributed by atoms with E-state index in [1.54, 1.807) is 6.07 Å². The van der Waals surface area contributed by atoms with Crippen molar-refractivity contribution in [3.8, 4) is 5.88 Å². The second-order valence-corrected chi connectivity index (χ2v) is 4.44. The molecule has 0 aliphatic carbocycles. The second-order valence-electron chi connectivity index (χ2n) is 3.20. The number of aromatic nitrogens is 1. The van der Waals surface area contributed by atoms with E-state index in [-0.39, 0.29) is 0 Å². The molecule has 4 heteroatoms. The monoisotopic (exact) mass is 297 g/mol. The van der Waals surface area contributed by atoms with Gasteiger partial charge in [-0.1, -0.05) is 41.9 Å². The highest BCUT2D eigenvalue weighted by molar-refractivity contribution is 9.10. The van der Waals surface area contributed by atoms with Crippen LogP contribution in [0.25, 0.3) is 0 Å². The molecular weight excluding hydrogens is 289 g/mol. The number of benzene rings is 1. The quantitative estimate of drug-likeness (QED) is 0.797. The lowest BCUT2D eigenvalue weighted by molar-refractivity contribution is 0.292. The van der Waals surface area contributed by atoms with Crippen molar-refractivity contribution in [3.63, 3.8) is 0 Å². The van der Waals surface area contributed by atoms with Crippen LogP contribution in [0.3, 0.4) is 0 Å². The van der Waals surface area contributed by atoms with Gasteiger partial charge in [0.05, 0.1) is 4.47 Å². The van der Waals surface area contributed by atoms with Gasteiger partial charge in [-0.25, -0.2) is 4.98 Å². The topological polar surface area (TPSA) is 22.1 Å². The molecule has 0 amide bonds. The fourth-order valence-corrected chi connectivity index (χ4v) is 1.70. The summed E-state index contributed by atoms with van der Waals surface area (Å²) in [5.41, 5.74) is 1.09. The van der Waals surface area contributed by atoms with Gasteiger partial charge in [-0.15, -0.1) is 0 Å². The summed E-state index contributed by atoms with van der Waals surface area (Å²) in [5.74, 6) is 0.511. The first-order chi connectivity index (χ1) is 7.75. The van der Waals surface area contributed by atoms with Crippen LogP contribution in [0, 0.1) is 0 Å². The zero-order valence-electron chi connectivity index (χ0n) is 8.36. The SMILES string of the molecule is Clc1ccc(Br)c(OCc2ccccc2)n1. The van der Waals surface area contributed by atoms with Crippen LogP contribution in [-0.2, 0) is 6.61 Å². The fraction of sp³-hybridized carbons (Fsp3) is 0.0833. The summed E-state index contributed by atoms with van der Waals surface area (Å²) < 4.78 is 6.36. The van der Waals surface area contributed by atoms with Gasteiger partial charge in [0.25, 0.3) is 0 Å². The Kier molecular flexibility index (Phi) is 3.80. The zero-order valence-corrected chi connectivity index (χ0v) is 10.7. The first-order valence-electron chi connectivity index (χ1n) is 4.74. The Balaban J connectivity index is 2.08. The van der Waals surface area contributed by atoms with E-state index in [0.29, 0.717) is 17.6 Å². The lowest BCUT2D eigenvalue weighted by Gasteiger charge is -2.07. The van der Waals surface area contributed by atoms with E-state index in [2.05, 4.69) is 20.9 Å². The maximum Gasteiger partial charge on any atom is 0.229 e. The van der Waals surface area contributed by atoms with Gasteiger partial charge in [-0.3, -0.25) is 0 Å². The van der Waals surface area contributed by atoms with Crippen LogP contribution in [0.15, 0.2) is 46.9 Å². The summed E-state index contributed by atoms with van der Waals surface area (Å²) >= 11 is 9.14. The number of pyridine rings is 1. The molecule has 0 saturated carbocycles. The van der Waals surface area contributed by atoms with Gasteiger partial charge in [0, 0.05) is 0 Å². The first kappa shape index (κ1) is 11.4. The standard InChI is InChI=1S/C12H9BrClNO/c13-10-6-7-11(14)15-12(10)16-8-9-4-2-1-3-5-9/h1-7H,8H2. The number of hydrogen-bond acceptors (Lipinski definition) is 2. The lowest BCUT2D eigenvalue weighted by Crippen LogP contribution is -1.97. The van der Waals surface area contributed by atoms with Crippen LogP contribution >= 0.6 is 27.5 Å². The molecule has 0 N–H and O–H groups in total. The molecule has 1 heterocycles. The smallest absolute Gasteiger partial charge is 0.229 e. The van der Waals surface area contributed by atoms with Crippen molar-refractivity contribution in [2.75, 3.05) is 0 Å². The molecule has 2 aromatic rings. The number of ether oxygens (including phenoxy) is 1. The molecule has 0 saturated heterocycles. The molecule has 16 heavy (non-hydrogen) atoms. The Morgan fingerprint density at radius 2 is 1.88 bits per heavy atom. The number of nitrogens with zero attached hydrogens (tertiary/aromatic N) is 1. The summed E-state index contributed by atoms with van der Waals surface area (Å²) in [6.07, 6.45) is 0. The summed E-state index contributed by atoms with van der Waals surface area (Å²) in [4.78, 5) is 4.08. The molecule has 2 nitrogen and oxygen atoms in total. The Hall–Kier alpha value is -1.06. The van der Waals surface area contributed by atoms with E-state index in [4.69, 9.17) is 16.3 Å². The normalized spacial score (nSPS) is 10.1. The molecule has 2 rings (SSSR count). The molecular formula is C12H9BrClNO. The van der Waals surface area contributed by atoms with Crippen molar-refractivity contribution in [2.24, 2.45) is 0 Å². The third-order valence-corrected chi connectivity index (χ3v) is 2.81. The predicted molar refractivity (Wildman–Crippen MR) is 67.7 cm³/mol. The molecule has 1 aromatic carbocycles. The van der Waals surface area contributed by atoms with Crippen LogP contribution in [0.2, 0.25) is 5.15 Å². The van der Waals surface area contributed by atoms with E-state index in [0.717, 1.165) is 10.0 Å². The summed E-state index contributed by atoms with van der Waals surface area (Å²) in [6, 6.07) is 13.4. The number of halogens is 2. The lowest BCUT2D eigenvalue weighted by atomic mass is 10.2. The number of hydrogen-bond donors (Lipinski definition) is 0. The van der Waals surface area contributed by atoms with Crippen molar-refractivity contribution in [2.45, 2.75) is 6.61 Å². The molecule has 0 atom stereocenters. The van der Waals surface area contributed by atoms with Gasteiger partial charge in [0.2, 0.25) is 5.88 Å². The highest BCUT2D eigenvalue weighted by Crippen LogP contribution is 2.24. The summed E-state index contributed by atoms with van der Waals surface area (Å²) in [5, 5.41) is 0.422. The molecule has 0 aliphatic heterocycles. The van der Waals surface area contributed by atoms with Gasteiger partial charge in [0.1, 0.15) is 11.8 Å². The maximum absolute atomic E-state index is 5.79. The highest BCUT2D eigenvalue weighted by atomic mass is 79.9. The third-order valence-electron chi connectivity index (χ3n) is 2.00. The number of rotatable bonds is 3. The molecule has 82 valence electrons. The molecule has 0 bridgehead atoms. The van der Waals surface area contributed by atoms with Gasteiger partial charge in [-0.05, 0) is 33.6 Å². The van der Waals surface area contributed by atoms with Gasteiger partial charge in [0.15, 0.2) is 0 Å². The Bertz CT molecular complexity index is 476. The third kappa shape index (κ3) is 2.97. The van der Waals surface area contributed by atoms with Crippen molar-refractivity contribution in [1.82, 2.24) is 4.98 Å². The van der Waals surface area contributed by atoms with Gasteiger partial charge in [-0.2, -0.15) is 0 Å². The van der Waals surface area contributed by atoms with Crippen molar-refractivity contribution < 1.29 is 4.74 Å². The Morgan fingerprint density at radius 1 is 1.12 bits per heavy atom. The van der Waals surface area contributed by atoms with E-state index in [1.807, 2.05) is 36.4 Å². The molecule has 0 fully saturated rings.